The Morgan fingerprint density at radius 1 is 1.48 bits per heavy atom. The van der Waals surface area contributed by atoms with Crippen molar-refractivity contribution >= 4 is 10.0 Å². The lowest BCUT2D eigenvalue weighted by Gasteiger charge is -2.14. The van der Waals surface area contributed by atoms with Gasteiger partial charge in [-0.1, -0.05) is 5.16 Å². The Kier molecular flexibility index (Phi) is 4.46. The molecule has 2 aromatic heterocycles. The van der Waals surface area contributed by atoms with Crippen molar-refractivity contribution in [3.63, 3.8) is 0 Å². The topological polar surface area (TPSA) is 103 Å². The molecule has 0 amide bonds. The number of hydrogen-bond acceptors (Lipinski definition) is 7. The lowest BCUT2D eigenvalue weighted by atomic mass is 10.1. The van der Waals surface area contributed by atoms with Gasteiger partial charge in [-0.05, 0) is 13.3 Å². The zero-order chi connectivity index (χ0) is 16.4. The average Bonchev–Trinajstić information content (AvgIpc) is 3.27. The first-order valence-corrected chi connectivity index (χ1v) is 8.82. The molecule has 1 atom stereocenters. The van der Waals surface area contributed by atoms with Crippen molar-refractivity contribution in [2.24, 2.45) is 0 Å². The van der Waals surface area contributed by atoms with Crippen LogP contribution in [-0.4, -0.2) is 52.8 Å². The van der Waals surface area contributed by atoms with Crippen LogP contribution in [0.4, 0.5) is 0 Å². The summed E-state index contributed by atoms with van der Waals surface area (Å²) < 4.78 is 38.3. The van der Waals surface area contributed by atoms with Gasteiger partial charge in [0.15, 0.2) is 5.82 Å². The average molecular weight is 341 g/mol. The van der Waals surface area contributed by atoms with Gasteiger partial charge in [0.1, 0.15) is 11.5 Å². The van der Waals surface area contributed by atoms with Gasteiger partial charge in [0.2, 0.25) is 10.0 Å². The molecule has 10 heteroatoms. The molecule has 1 aliphatic heterocycles. The molecule has 126 valence electrons. The van der Waals surface area contributed by atoms with E-state index in [4.69, 9.17) is 9.26 Å². The van der Waals surface area contributed by atoms with E-state index < -0.39 is 10.0 Å². The summed E-state index contributed by atoms with van der Waals surface area (Å²) in [5, 5.41) is 7.95. The predicted molar refractivity (Wildman–Crippen MR) is 79.0 cm³/mol. The smallest absolute Gasteiger partial charge is 0.252 e. The van der Waals surface area contributed by atoms with Crippen LogP contribution in [0.2, 0.25) is 0 Å². The molecule has 3 heterocycles. The summed E-state index contributed by atoms with van der Waals surface area (Å²) in [5.74, 6) is 0.854. The molecule has 0 aromatic carbocycles. The highest BCUT2D eigenvalue weighted by atomic mass is 32.2. The molecule has 2 aromatic rings. The van der Waals surface area contributed by atoms with Crippen LogP contribution in [0.5, 0.6) is 0 Å². The summed E-state index contributed by atoms with van der Waals surface area (Å²) in [6.45, 7) is 3.55. The van der Waals surface area contributed by atoms with Gasteiger partial charge in [-0.2, -0.15) is 14.4 Å². The first kappa shape index (κ1) is 16.1. The minimum absolute atomic E-state index is 0.0691. The van der Waals surface area contributed by atoms with E-state index in [1.165, 1.54) is 10.5 Å². The maximum absolute atomic E-state index is 12.6. The zero-order valence-electron chi connectivity index (χ0n) is 13.0. The number of ether oxygens (including phenoxy) is 1. The van der Waals surface area contributed by atoms with Crippen LogP contribution in [0, 0.1) is 0 Å². The molecule has 23 heavy (non-hydrogen) atoms. The fraction of sp³-hybridized carbons (Fsp3) is 0.615. The lowest BCUT2D eigenvalue weighted by Crippen LogP contribution is -2.28. The largest absolute Gasteiger partial charge is 0.375 e. The van der Waals surface area contributed by atoms with Gasteiger partial charge in [0, 0.05) is 38.9 Å². The van der Waals surface area contributed by atoms with Crippen LogP contribution < -0.4 is 0 Å². The molecule has 3 rings (SSSR count). The molecule has 1 fully saturated rings. The minimum Gasteiger partial charge on any atom is -0.375 e. The minimum atomic E-state index is -3.53. The molecule has 1 saturated heterocycles. The Hall–Kier alpha value is -1.78. The second-order valence-corrected chi connectivity index (χ2v) is 7.30. The van der Waals surface area contributed by atoms with Crippen molar-refractivity contribution in [2.45, 2.75) is 37.3 Å². The fourth-order valence-electron chi connectivity index (χ4n) is 2.57. The van der Waals surface area contributed by atoms with Crippen LogP contribution in [0.1, 0.15) is 31.0 Å². The number of nitrogens with zero attached hydrogens (tertiary/aromatic N) is 5. The molecular weight excluding hydrogens is 322 g/mol. The van der Waals surface area contributed by atoms with Crippen molar-refractivity contribution in [2.75, 3.05) is 20.2 Å². The number of aromatic nitrogens is 4. The van der Waals surface area contributed by atoms with E-state index in [-0.39, 0.29) is 17.4 Å². The number of methoxy groups -OCH3 is 1. The maximum Gasteiger partial charge on any atom is 0.252 e. The molecule has 0 N–H and O–H groups in total. The van der Waals surface area contributed by atoms with E-state index in [9.17, 15) is 8.42 Å². The van der Waals surface area contributed by atoms with E-state index in [0.717, 1.165) is 0 Å². The second-order valence-electron chi connectivity index (χ2n) is 5.36. The van der Waals surface area contributed by atoms with Gasteiger partial charge in [-0.25, -0.2) is 8.42 Å². The summed E-state index contributed by atoms with van der Waals surface area (Å²) in [4.78, 5) is 4.46. The first-order chi connectivity index (χ1) is 11.0. The van der Waals surface area contributed by atoms with Gasteiger partial charge in [0.05, 0.1) is 6.20 Å². The fourth-order valence-corrected chi connectivity index (χ4v) is 4.03. The third kappa shape index (κ3) is 3.14. The third-order valence-electron chi connectivity index (χ3n) is 3.84. The summed E-state index contributed by atoms with van der Waals surface area (Å²) >= 11 is 0. The third-order valence-corrected chi connectivity index (χ3v) is 5.66. The number of rotatable bonds is 6. The molecule has 0 aliphatic carbocycles. The highest BCUT2D eigenvalue weighted by Gasteiger charge is 2.36. The van der Waals surface area contributed by atoms with E-state index in [1.54, 1.807) is 18.0 Å². The number of hydrogen-bond donors (Lipinski definition) is 0. The molecule has 1 aliphatic rings. The lowest BCUT2D eigenvalue weighted by molar-refractivity contribution is 0.151. The van der Waals surface area contributed by atoms with Crippen LogP contribution in [0.25, 0.3) is 0 Å². The summed E-state index contributed by atoms with van der Waals surface area (Å²) in [6, 6.07) is 0. The van der Waals surface area contributed by atoms with Crippen LogP contribution >= 0.6 is 0 Å². The maximum atomic E-state index is 12.6. The Labute approximate surface area is 134 Å². The normalized spacial score (nSPS) is 19.5. The quantitative estimate of drug-likeness (QED) is 0.758. The van der Waals surface area contributed by atoms with Crippen molar-refractivity contribution in [3.8, 4) is 0 Å². The standard InChI is InChI=1S/C13H19N5O4S/c1-3-17-8-11(6-14-17)23(19,20)18-5-4-10(7-18)13-15-12(9-21-2)22-16-13/h6,8,10H,3-5,7,9H2,1-2H3. The SMILES string of the molecule is CCn1cc(S(=O)(=O)N2CCC(c3noc(COC)n3)C2)cn1. The van der Waals surface area contributed by atoms with E-state index in [0.29, 0.717) is 37.8 Å². The van der Waals surface area contributed by atoms with Crippen molar-refractivity contribution < 1.29 is 17.7 Å². The monoisotopic (exact) mass is 341 g/mol. The van der Waals surface area contributed by atoms with E-state index >= 15 is 0 Å². The van der Waals surface area contributed by atoms with Gasteiger partial charge >= 0.3 is 0 Å². The van der Waals surface area contributed by atoms with Crippen LogP contribution in [-0.2, 0) is 27.9 Å². The van der Waals surface area contributed by atoms with Gasteiger partial charge < -0.3 is 9.26 Å². The van der Waals surface area contributed by atoms with Crippen LogP contribution in [0.15, 0.2) is 21.8 Å². The molecule has 0 spiro atoms. The van der Waals surface area contributed by atoms with Crippen molar-refractivity contribution in [3.05, 3.63) is 24.1 Å². The van der Waals surface area contributed by atoms with E-state index in [2.05, 4.69) is 15.2 Å². The number of sulfonamides is 1. The molecule has 9 nitrogen and oxygen atoms in total. The molecule has 1 unspecified atom stereocenters. The summed E-state index contributed by atoms with van der Waals surface area (Å²) in [7, 11) is -1.99. The Morgan fingerprint density at radius 2 is 2.30 bits per heavy atom. The Balaban J connectivity index is 1.73. The summed E-state index contributed by atoms with van der Waals surface area (Å²) in [6.07, 6.45) is 3.60. The first-order valence-electron chi connectivity index (χ1n) is 7.38. The number of aryl methyl sites for hydroxylation is 1. The van der Waals surface area contributed by atoms with E-state index in [1.807, 2.05) is 6.92 Å². The van der Waals surface area contributed by atoms with Crippen molar-refractivity contribution in [1.29, 1.82) is 0 Å². The highest BCUT2D eigenvalue weighted by Crippen LogP contribution is 2.29. The zero-order valence-corrected chi connectivity index (χ0v) is 13.9. The molecule has 0 bridgehead atoms. The Morgan fingerprint density at radius 3 is 3.00 bits per heavy atom. The summed E-state index contributed by atoms with van der Waals surface area (Å²) in [5.41, 5.74) is 0. The van der Waals surface area contributed by atoms with Gasteiger partial charge in [-0.3, -0.25) is 4.68 Å². The van der Waals surface area contributed by atoms with Crippen molar-refractivity contribution in [1.82, 2.24) is 24.2 Å². The van der Waals surface area contributed by atoms with Gasteiger partial charge in [0.25, 0.3) is 5.89 Å². The van der Waals surface area contributed by atoms with Gasteiger partial charge in [-0.15, -0.1) is 0 Å². The molecule has 0 radical (unpaired) electrons. The Bertz CT molecular complexity index is 769. The molecular formula is C13H19N5O4S. The van der Waals surface area contributed by atoms with Crippen LogP contribution in [0.3, 0.4) is 0 Å². The molecule has 0 saturated carbocycles. The second kappa shape index (κ2) is 6.38. The highest BCUT2D eigenvalue weighted by molar-refractivity contribution is 7.89. The predicted octanol–water partition coefficient (Wildman–Crippen LogP) is 0.611.